The SMILES string of the molecule is CCOC(=O)c1c(C)nn2c(O)c(C3CCCCC3)c(=O)[nH]c12. The zero-order valence-corrected chi connectivity index (χ0v) is 13.4. The van der Waals surface area contributed by atoms with Crippen LogP contribution < -0.4 is 5.56 Å². The number of hydrogen-bond acceptors (Lipinski definition) is 5. The second-order valence-corrected chi connectivity index (χ2v) is 5.97. The molecule has 2 aromatic heterocycles. The van der Waals surface area contributed by atoms with Crippen LogP contribution in [0.25, 0.3) is 5.65 Å². The lowest BCUT2D eigenvalue weighted by Gasteiger charge is -2.21. The minimum atomic E-state index is -0.555. The minimum absolute atomic E-state index is 0.0347. The van der Waals surface area contributed by atoms with Crippen LogP contribution >= 0.6 is 0 Å². The van der Waals surface area contributed by atoms with Crippen molar-refractivity contribution in [3.8, 4) is 5.88 Å². The predicted octanol–water partition coefficient (Wildman–Crippen LogP) is 2.26. The van der Waals surface area contributed by atoms with E-state index in [2.05, 4.69) is 10.1 Å². The van der Waals surface area contributed by atoms with Crippen molar-refractivity contribution in [1.82, 2.24) is 14.6 Å². The lowest BCUT2D eigenvalue weighted by atomic mass is 9.85. The number of carbonyl (C=O) groups excluding carboxylic acids is 1. The van der Waals surface area contributed by atoms with Gasteiger partial charge < -0.3 is 14.8 Å². The van der Waals surface area contributed by atoms with Crippen LogP contribution in [0.5, 0.6) is 5.88 Å². The predicted molar refractivity (Wildman–Crippen MR) is 84.0 cm³/mol. The zero-order valence-electron chi connectivity index (χ0n) is 13.4. The normalized spacial score (nSPS) is 15.9. The molecule has 0 bridgehead atoms. The Hall–Kier alpha value is -2.31. The third-order valence-electron chi connectivity index (χ3n) is 4.47. The van der Waals surface area contributed by atoms with Gasteiger partial charge in [-0.05, 0) is 32.6 Å². The molecule has 0 saturated heterocycles. The lowest BCUT2D eigenvalue weighted by molar-refractivity contribution is 0.0527. The quantitative estimate of drug-likeness (QED) is 0.846. The van der Waals surface area contributed by atoms with Gasteiger partial charge in [-0.3, -0.25) is 4.79 Å². The number of nitrogens with zero attached hydrogens (tertiary/aromatic N) is 2. The molecule has 1 saturated carbocycles. The maximum Gasteiger partial charge on any atom is 0.343 e. The van der Waals surface area contributed by atoms with E-state index in [-0.39, 0.29) is 35.2 Å². The van der Waals surface area contributed by atoms with Crippen LogP contribution in [-0.2, 0) is 4.74 Å². The molecule has 0 aromatic carbocycles. The second-order valence-electron chi connectivity index (χ2n) is 5.97. The van der Waals surface area contributed by atoms with Crippen LogP contribution in [0.1, 0.15) is 66.6 Å². The fourth-order valence-corrected chi connectivity index (χ4v) is 3.39. The fraction of sp³-hybridized carbons (Fsp3) is 0.562. The smallest absolute Gasteiger partial charge is 0.343 e. The summed E-state index contributed by atoms with van der Waals surface area (Å²) in [7, 11) is 0. The van der Waals surface area contributed by atoms with Gasteiger partial charge in [-0.1, -0.05) is 19.3 Å². The highest BCUT2D eigenvalue weighted by Gasteiger charge is 2.27. The number of ether oxygens (including phenoxy) is 1. The topological polar surface area (TPSA) is 96.7 Å². The third-order valence-corrected chi connectivity index (χ3v) is 4.47. The maximum atomic E-state index is 12.5. The molecule has 2 N–H and O–H groups in total. The van der Waals surface area contributed by atoms with E-state index in [1.165, 1.54) is 4.52 Å². The lowest BCUT2D eigenvalue weighted by Crippen LogP contribution is -2.21. The van der Waals surface area contributed by atoms with Crippen molar-refractivity contribution in [2.45, 2.75) is 51.9 Å². The van der Waals surface area contributed by atoms with Crippen LogP contribution in [0, 0.1) is 6.92 Å². The van der Waals surface area contributed by atoms with Gasteiger partial charge in [0.2, 0.25) is 5.88 Å². The van der Waals surface area contributed by atoms with Crippen molar-refractivity contribution in [2.24, 2.45) is 0 Å². The Morgan fingerprint density at radius 1 is 1.39 bits per heavy atom. The first kappa shape index (κ1) is 15.6. The first-order chi connectivity index (χ1) is 11.0. The Labute approximate surface area is 133 Å². The van der Waals surface area contributed by atoms with Gasteiger partial charge in [-0.25, -0.2) is 4.79 Å². The number of H-pyrrole nitrogens is 1. The van der Waals surface area contributed by atoms with E-state index in [9.17, 15) is 14.7 Å². The van der Waals surface area contributed by atoms with Crippen molar-refractivity contribution >= 4 is 11.6 Å². The molecule has 3 rings (SSSR count). The molecule has 0 amide bonds. The van der Waals surface area contributed by atoms with E-state index in [0.717, 1.165) is 32.1 Å². The van der Waals surface area contributed by atoms with Gasteiger partial charge in [0.25, 0.3) is 5.56 Å². The summed E-state index contributed by atoms with van der Waals surface area (Å²) in [6.07, 6.45) is 5.02. The van der Waals surface area contributed by atoms with Crippen LogP contribution in [-0.4, -0.2) is 32.3 Å². The average molecular weight is 319 g/mol. The van der Waals surface area contributed by atoms with Gasteiger partial charge >= 0.3 is 5.97 Å². The van der Waals surface area contributed by atoms with Crippen molar-refractivity contribution in [3.63, 3.8) is 0 Å². The Morgan fingerprint density at radius 3 is 2.74 bits per heavy atom. The summed E-state index contributed by atoms with van der Waals surface area (Å²) in [6.45, 7) is 3.59. The number of esters is 1. The molecule has 0 atom stereocenters. The molecular formula is C16H21N3O4. The van der Waals surface area contributed by atoms with E-state index < -0.39 is 5.97 Å². The Morgan fingerprint density at radius 2 is 2.09 bits per heavy atom. The first-order valence-electron chi connectivity index (χ1n) is 8.06. The summed E-state index contributed by atoms with van der Waals surface area (Å²) < 4.78 is 6.25. The van der Waals surface area contributed by atoms with Gasteiger partial charge in [0.15, 0.2) is 5.65 Å². The van der Waals surface area contributed by atoms with Gasteiger partial charge in [-0.2, -0.15) is 9.61 Å². The summed E-state index contributed by atoms with van der Waals surface area (Å²) in [5.41, 5.74) is 0.801. The van der Waals surface area contributed by atoms with Crippen LogP contribution in [0.3, 0.4) is 0 Å². The highest BCUT2D eigenvalue weighted by Crippen LogP contribution is 2.35. The van der Waals surface area contributed by atoms with E-state index in [1.54, 1.807) is 13.8 Å². The Bertz CT molecular complexity index is 800. The maximum absolute atomic E-state index is 12.5. The molecule has 0 spiro atoms. The number of rotatable bonds is 3. The first-order valence-corrected chi connectivity index (χ1v) is 8.06. The molecule has 7 heteroatoms. The number of aromatic nitrogens is 3. The molecule has 23 heavy (non-hydrogen) atoms. The van der Waals surface area contributed by atoms with Gasteiger partial charge in [0.05, 0.1) is 17.9 Å². The van der Waals surface area contributed by atoms with Crippen LogP contribution in [0.4, 0.5) is 0 Å². The van der Waals surface area contributed by atoms with E-state index in [1.807, 2.05) is 0 Å². The molecule has 1 fully saturated rings. The van der Waals surface area contributed by atoms with E-state index in [0.29, 0.717) is 11.3 Å². The summed E-state index contributed by atoms with van der Waals surface area (Å²) in [5.74, 6) is -0.692. The van der Waals surface area contributed by atoms with Crippen LogP contribution in [0.2, 0.25) is 0 Å². The molecule has 124 valence electrons. The van der Waals surface area contributed by atoms with Crippen molar-refractivity contribution in [1.29, 1.82) is 0 Å². The standard InChI is InChI=1S/C16H21N3O4/c1-3-23-16(22)11-9(2)18-19-13(11)17-14(20)12(15(19)21)10-7-5-4-6-8-10/h10,21H,3-8H2,1-2H3,(H,17,20). The Kier molecular flexibility index (Phi) is 4.11. The number of fused-ring (bicyclic) bond motifs is 1. The molecule has 1 aliphatic rings. The number of aryl methyl sites for hydroxylation is 1. The van der Waals surface area contributed by atoms with E-state index >= 15 is 0 Å². The fourth-order valence-electron chi connectivity index (χ4n) is 3.39. The number of aromatic amines is 1. The van der Waals surface area contributed by atoms with Crippen molar-refractivity contribution in [3.05, 3.63) is 27.2 Å². The second kappa shape index (κ2) is 6.06. The van der Waals surface area contributed by atoms with Crippen LogP contribution in [0.15, 0.2) is 4.79 Å². The number of nitrogens with one attached hydrogen (secondary N) is 1. The molecular weight excluding hydrogens is 298 g/mol. The highest BCUT2D eigenvalue weighted by molar-refractivity contribution is 5.97. The van der Waals surface area contributed by atoms with Crippen molar-refractivity contribution < 1.29 is 14.6 Å². The largest absolute Gasteiger partial charge is 0.493 e. The highest BCUT2D eigenvalue weighted by atomic mass is 16.5. The summed E-state index contributed by atoms with van der Waals surface area (Å²) in [5, 5.41) is 14.8. The molecule has 7 nitrogen and oxygen atoms in total. The number of carbonyl (C=O) groups is 1. The molecule has 2 aromatic rings. The average Bonchev–Trinajstić information content (AvgIpc) is 2.85. The summed E-state index contributed by atoms with van der Waals surface area (Å²) in [4.78, 5) is 27.3. The molecule has 1 aliphatic carbocycles. The van der Waals surface area contributed by atoms with Gasteiger partial charge in [0, 0.05) is 0 Å². The number of hydrogen-bond donors (Lipinski definition) is 2. The molecule has 2 heterocycles. The molecule has 0 aliphatic heterocycles. The van der Waals surface area contributed by atoms with Crippen molar-refractivity contribution in [2.75, 3.05) is 6.61 Å². The third kappa shape index (κ3) is 2.60. The zero-order chi connectivity index (χ0) is 16.6. The van der Waals surface area contributed by atoms with Gasteiger partial charge in [0.1, 0.15) is 5.56 Å². The molecule has 0 radical (unpaired) electrons. The van der Waals surface area contributed by atoms with Gasteiger partial charge in [-0.15, -0.1) is 0 Å². The summed E-state index contributed by atoms with van der Waals surface area (Å²) in [6, 6.07) is 0. The summed E-state index contributed by atoms with van der Waals surface area (Å²) >= 11 is 0. The van der Waals surface area contributed by atoms with E-state index in [4.69, 9.17) is 4.74 Å². The molecule has 0 unspecified atom stereocenters. The number of aromatic hydroxyl groups is 1. The Balaban J connectivity index is 2.17. The monoisotopic (exact) mass is 319 g/mol. The minimum Gasteiger partial charge on any atom is -0.493 e.